The molecule has 0 saturated carbocycles. The van der Waals surface area contributed by atoms with E-state index in [1.165, 1.54) is 6.07 Å². The fourth-order valence-electron chi connectivity index (χ4n) is 1.97. The van der Waals surface area contributed by atoms with Crippen LogP contribution in [-0.4, -0.2) is 0 Å². The predicted octanol–water partition coefficient (Wildman–Crippen LogP) is 4.91. The van der Waals surface area contributed by atoms with Crippen LogP contribution >= 0.6 is 27.5 Å². The third kappa shape index (κ3) is 2.99. The topological polar surface area (TPSA) is 26.0 Å². The van der Waals surface area contributed by atoms with Crippen LogP contribution in [0, 0.1) is 19.7 Å². The van der Waals surface area contributed by atoms with Crippen LogP contribution in [0.3, 0.4) is 0 Å². The lowest BCUT2D eigenvalue weighted by Gasteiger charge is -2.17. The van der Waals surface area contributed by atoms with Gasteiger partial charge in [0.05, 0.1) is 6.04 Å². The van der Waals surface area contributed by atoms with Crippen molar-refractivity contribution in [2.45, 2.75) is 19.9 Å². The maximum absolute atomic E-state index is 13.4. The van der Waals surface area contributed by atoms with Gasteiger partial charge in [-0.1, -0.05) is 39.7 Å². The number of aryl methyl sites for hydroxylation is 2. The highest BCUT2D eigenvalue weighted by Gasteiger charge is 2.17. The maximum atomic E-state index is 13.4. The van der Waals surface area contributed by atoms with Gasteiger partial charge in [-0.05, 0) is 54.3 Å². The van der Waals surface area contributed by atoms with Gasteiger partial charge < -0.3 is 5.73 Å². The molecular weight excluding hydrogens is 329 g/mol. The predicted molar refractivity (Wildman–Crippen MR) is 81.1 cm³/mol. The van der Waals surface area contributed by atoms with Gasteiger partial charge in [-0.3, -0.25) is 0 Å². The zero-order valence-corrected chi connectivity index (χ0v) is 13.0. The normalized spacial score (nSPS) is 12.5. The van der Waals surface area contributed by atoms with Crippen LogP contribution < -0.4 is 5.73 Å². The van der Waals surface area contributed by atoms with Crippen molar-refractivity contribution in [1.82, 2.24) is 0 Å². The molecule has 4 heteroatoms. The first-order chi connectivity index (χ1) is 8.90. The van der Waals surface area contributed by atoms with Crippen molar-refractivity contribution in [3.63, 3.8) is 0 Å². The SMILES string of the molecule is Cc1ccc(C(N)c2cc(C)c(F)cc2Cl)c(Br)c1. The second-order valence-electron chi connectivity index (χ2n) is 4.63. The third-order valence-corrected chi connectivity index (χ3v) is 4.12. The molecule has 19 heavy (non-hydrogen) atoms. The maximum Gasteiger partial charge on any atom is 0.127 e. The van der Waals surface area contributed by atoms with Crippen LogP contribution in [0.25, 0.3) is 0 Å². The average molecular weight is 343 g/mol. The van der Waals surface area contributed by atoms with E-state index in [0.29, 0.717) is 10.6 Å². The molecule has 0 aliphatic heterocycles. The molecule has 0 aliphatic rings. The molecule has 1 atom stereocenters. The summed E-state index contributed by atoms with van der Waals surface area (Å²) in [5, 5.41) is 0.350. The van der Waals surface area contributed by atoms with Crippen LogP contribution in [0.1, 0.15) is 28.3 Å². The second kappa shape index (κ2) is 5.61. The molecule has 2 aromatic rings. The Morgan fingerprint density at radius 1 is 1.16 bits per heavy atom. The van der Waals surface area contributed by atoms with Crippen molar-refractivity contribution >= 4 is 27.5 Å². The van der Waals surface area contributed by atoms with Gasteiger partial charge in [0.2, 0.25) is 0 Å². The van der Waals surface area contributed by atoms with E-state index in [0.717, 1.165) is 21.2 Å². The molecule has 0 saturated heterocycles. The lowest BCUT2D eigenvalue weighted by Crippen LogP contribution is -2.13. The Balaban J connectivity index is 2.49. The number of nitrogens with two attached hydrogens (primary N) is 1. The minimum absolute atomic E-state index is 0.316. The summed E-state index contributed by atoms with van der Waals surface area (Å²) in [6, 6.07) is 8.58. The Bertz CT molecular complexity index is 628. The molecule has 0 bridgehead atoms. The van der Waals surface area contributed by atoms with Gasteiger partial charge in [0, 0.05) is 9.50 Å². The zero-order valence-electron chi connectivity index (χ0n) is 10.7. The van der Waals surface area contributed by atoms with Crippen LogP contribution in [0.2, 0.25) is 5.02 Å². The minimum atomic E-state index is -0.387. The largest absolute Gasteiger partial charge is 0.320 e. The summed E-state index contributed by atoms with van der Waals surface area (Å²) in [6.07, 6.45) is 0. The van der Waals surface area contributed by atoms with Crippen LogP contribution in [0.5, 0.6) is 0 Å². The van der Waals surface area contributed by atoms with E-state index in [1.54, 1.807) is 13.0 Å². The Labute approximate surface area is 125 Å². The van der Waals surface area contributed by atoms with Gasteiger partial charge in [0.1, 0.15) is 5.82 Å². The molecule has 2 N–H and O–H groups in total. The van der Waals surface area contributed by atoms with E-state index in [4.69, 9.17) is 17.3 Å². The number of halogens is 3. The molecule has 0 aromatic heterocycles. The Morgan fingerprint density at radius 3 is 2.47 bits per heavy atom. The molecule has 2 aromatic carbocycles. The van der Waals surface area contributed by atoms with Gasteiger partial charge in [-0.25, -0.2) is 4.39 Å². The van der Waals surface area contributed by atoms with Gasteiger partial charge in [-0.15, -0.1) is 0 Å². The van der Waals surface area contributed by atoms with Crippen molar-refractivity contribution < 1.29 is 4.39 Å². The van der Waals surface area contributed by atoms with Gasteiger partial charge >= 0.3 is 0 Å². The zero-order chi connectivity index (χ0) is 14.2. The highest BCUT2D eigenvalue weighted by atomic mass is 79.9. The van der Waals surface area contributed by atoms with Gasteiger partial charge in [0.25, 0.3) is 0 Å². The summed E-state index contributed by atoms with van der Waals surface area (Å²) in [4.78, 5) is 0. The number of hydrogen-bond donors (Lipinski definition) is 1. The summed E-state index contributed by atoms with van der Waals surface area (Å²) in [6.45, 7) is 3.71. The van der Waals surface area contributed by atoms with Gasteiger partial charge in [0.15, 0.2) is 0 Å². The minimum Gasteiger partial charge on any atom is -0.320 e. The first-order valence-electron chi connectivity index (χ1n) is 5.87. The van der Waals surface area contributed by atoms with Crippen LogP contribution in [0.15, 0.2) is 34.8 Å². The van der Waals surface area contributed by atoms with Crippen LogP contribution in [0.4, 0.5) is 4.39 Å². The van der Waals surface area contributed by atoms with E-state index < -0.39 is 0 Å². The Hall–Kier alpha value is -0.900. The highest BCUT2D eigenvalue weighted by Crippen LogP contribution is 2.32. The Kier molecular flexibility index (Phi) is 4.29. The number of hydrogen-bond acceptors (Lipinski definition) is 1. The Morgan fingerprint density at radius 2 is 1.84 bits per heavy atom. The lowest BCUT2D eigenvalue weighted by atomic mass is 9.97. The second-order valence-corrected chi connectivity index (χ2v) is 5.89. The molecule has 0 amide bonds. The summed E-state index contributed by atoms with van der Waals surface area (Å²) in [5.74, 6) is -0.316. The molecule has 1 unspecified atom stereocenters. The fourth-order valence-corrected chi connectivity index (χ4v) is 2.98. The third-order valence-electron chi connectivity index (χ3n) is 3.10. The van der Waals surface area contributed by atoms with E-state index in [1.807, 2.05) is 25.1 Å². The molecule has 0 aliphatic carbocycles. The molecule has 100 valence electrons. The first kappa shape index (κ1) is 14.5. The smallest absolute Gasteiger partial charge is 0.127 e. The molecule has 0 fully saturated rings. The van der Waals surface area contributed by atoms with Crippen molar-refractivity contribution in [3.8, 4) is 0 Å². The molecular formula is C15H14BrClFN. The van der Waals surface area contributed by atoms with Crippen molar-refractivity contribution in [3.05, 3.63) is 67.9 Å². The molecule has 2 rings (SSSR count). The summed E-state index contributed by atoms with van der Waals surface area (Å²) < 4.78 is 14.4. The van der Waals surface area contributed by atoms with Crippen LogP contribution in [-0.2, 0) is 0 Å². The van der Waals surface area contributed by atoms with E-state index >= 15 is 0 Å². The molecule has 1 nitrogen and oxygen atoms in total. The van der Waals surface area contributed by atoms with Gasteiger partial charge in [-0.2, -0.15) is 0 Å². The quantitative estimate of drug-likeness (QED) is 0.825. The standard InChI is InChI=1S/C15H14BrClFN/c1-8-3-4-10(12(16)5-8)15(19)11-6-9(2)14(18)7-13(11)17/h3-7,15H,19H2,1-2H3. The molecule has 0 heterocycles. The number of rotatable bonds is 2. The van der Waals surface area contributed by atoms with E-state index in [-0.39, 0.29) is 11.9 Å². The van der Waals surface area contributed by atoms with Crippen molar-refractivity contribution in [1.29, 1.82) is 0 Å². The summed E-state index contributed by atoms with van der Waals surface area (Å²) in [7, 11) is 0. The van der Waals surface area contributed by atoms with E-state index in [2.05, 4.69) is 15.9 Å². The van der Waals surface area contributed by atoms with Crippen molar-refractivity contribution in [2.24, 2.45) is 5.73 Å². The monoisotopic (exact) mass is 341 g/mol. The van der Waals surface area contributed by atoms with Crippen molar-refractivity contribution in [2.75, 3.05) is 0 Å². The average Bonchev–Trinajstić information content (AvgIpc) is 2.33. The summed E-state index contributed by atoms with van der Waals surface area (Å²) >= 11 is 9.60. The number of benzene rings is 2. The van der Waals surface area contributed by atoms with E-state index in [9.17, 15) is 4.39 Å². The lowest BCUT2D eigenvalue weighted by molar-refractivity contribution is 0.617. The first-order valence-corrected chi connectivity index (χ1v) is 7.04. The molecule has 0 spiro atoms. The highest BCUT2D eigenvalue weighted by molar-refractivity contribution is 9.10. The molecule has 0 radical (unpaired) electrons. The summed E-state index contributed by atoms with van der Waals surface area (Å²) in [5.41, 5.74) is 9.59. The fraction of sp³-hybridized carbons (Fsp3) is 0.200.